The van der Waals surface area contributed by atoms with Crippen LogP contribution in [-0.2, 0) is 20.7 Å². The van der Waals surface area contributed by atoms with Gasteiger partial charge in [-0.15, -0.1) is 0 Å². The molecule has 122 valence electrons. The number of carbonyl (C=O) groups is 1. The molecule has 23 heavy (non-hydrogen) atoms. The molecule has 0 spiro atoms. The van der Waals surface area contributed by atoms with Crippen molar-refractivity contribution in [2.45, 2.75) is 31.8 Å². The van der Waals surface area contributed by atoms with Crippen molar-refractivity contribution in [1.82, 2.24) is 10.2 Å². The van der Waals surface area contributed by atoms with Crippen LogP contribution < -0.4 is 5.56 Å². The number of methoxy groups -OCH3 is 1. The fourth-order valence-corrected chi connectivity index (χ4v) is 3.19. The zero-order chi connectivity index (χ0) is 16.2. The number of ether oxygens (including phenoxy) is 2. The Labute approximate surface area is 133 Å². The summed E-state index contributed by atoms with van der Waals surface area (Å²) >= 11 is 0. The first-order valence-corrected chi connectivity index (χ1v) is 7.82. The van der Waals surface area contributed by atoms with E-state index in [0.717, 1.165) is 19.3 Å². The summed E-state index contributed by atoms with van der Waals surface area (Å²) in [4.78, 5) is 23.9. The van der Waals surface area contributed by atoms with Gasteiger partial charge in [-0.05, 0) is 31.2 Å². The quantitative estimate of drug-likeness (QED) is 0.851. The van der Waals surface area contributed by atoms with E-state index in [0.29, 0.717) is 29.0 Å². The van der Waals surface area contributed by atoms with Gasteiger partial charge in [0.15, 0.2) is 0 Å². The van der Waals surface area contributed by atoms with E-state index in [1.807, 2.05) is 6.07 Å². The van der Waals surface area contributed by atoms with Gasteiger partial charge < -0.3 is 9.47 Å². The molecular weight excluding hydrogens is 296 g/mol. The van der Waals surface area contributed by atoms with E-state index in [1.54, 1.807) is 25.3 Å². The predicted molar refractivity (Wildman–Crippen MR) is 85.2 cm³/mol. The molecule has 3 rings (SSSR count). The van der Waals surface area contributed by atoms with Crippen molar-refractivity contribution in [3.8, 4) is 0 Å². The number of hydrogen-bond donors (Lipinski definition) is 1. The Balaban J connectivity index is 1.67. The van der Waals surface area contributed by atoms with Crippen LogP contribution in [-0.4, -0.2) is 36.0 Å². The maximum absolute atomic E-state index is 12.2. The molecule has 2 atom stereocenters. The number of esters is 1. The minimum atomic E-state index is -0.308. The SMILES string of the molecule is COCC1CCC(OC(=O)Cc2n[nH]c(=O)c3ccccc23)C1. The lowest BCUT2D eigenvalue weighted by Crippen LogP contribution is -2.19. The molecule has 1 saturated carbocycles. The third-order valence-electron chi connectivity index (χ3n) is 4.28. The summed E-state index contributed by atoms with van der Waals surface area (Å²) in [6.45, 7) is 0.708. The number of nitrogens with zero attached hydrogens (tertiary/aromatic N) is 1. The summed E-state index contributed by atoms with van der Waals surface area (Å²) in [5.41, 5.74) is 0.285. The minimum Gasteiger partial charge on any atom is -0.462 e. The van der Waals surface area contributed by atoms with E-state index in [-0.39, 0.29) is 24.1 Å². The van der Waals surface area contributed by atoms with Crippen LogP contribution in [0.1, 0.15) is 25.0 Å². The van der Waals surface area contributed by atoms with Gasteiger partial charge in [0, 0.05) is 19.1 Å². The summed E-state index contributed by atoms with van der Waals surface area (Å²) < 4.78 is 10.7. The fraction of sp³-hybridized carbons (Fsp3) is 0.471. The zero-order valence-electron chi connectivity index (χ0n) is 13.1. The predicted octanol–water partition coefficient (Wildman–Crippen LogP) is 1.82. The average Bonchev–Trinajstić information content (AvgIpc) is 2.98. The Morgan fingerprint density at radius 2 is 2.09 bits per heavy atom. The Kier molecular flexibility index (Phi) is 4.71. The molecule has 1 N–H and O–H groups in total. The number of nitrogens with one attached hydrogen (secondary N) is 1. The Bertz CT molecular complexity index is 756. The van der Waals surface area contributed by atoms with Crippen LogP contribution in [0.2, 0.25) is 0 Å². The molecule has 1 aliphatic carbocycles. The van der Waals surface area contributed by atoms with Gasteiger partial charge >= 0.3 is 5.97 Å². The highest BCUT2D eigenvalue weighted by Gasteiger charge is 2.27. The van der Waals surface area contributed by atoms with Gasteiger partial charge in [0.25, 0.3) is 5.56 Å². The highest BCUT2D eigenvalue weighted by atomic mass is 16.5. The second kappa shape index (κ2) is 6.91. The second-order valence-corrected chi connectivity index (χ2v) is 5.97. The standard InChI is InChI=1S/C17H20N2O4/c1-22-10-11-6-7-12(8-11)23-16(20)9-15-13-4-2-3-5-14(13)17(21)19-18-15/h2-5,11-12H,6-10H2,1H3,(H,19,21). The molecular formula is C17H20N2O4. The first kappa shape index (κ1) is 15.7. The number of aromatic nitrogens is 2. The molecule has 6 heteroatoms. The number of benzene rings is 1. The van der Waals surface area contributed by atoms with Crippen molar-refractivity contribution >= 4 is 16.7 Å². The fourth-order valence-electron chi connectivity index (χ4n) is 3.19. The first-order valence-electron chi connectivity index (χ1n) is 7.82. The van der Waals surface area contributed by atoms with Gasteiger partial charge in [0.05, 0.1) is 17.5 Å². The topological polar surface area (TPSA) is 81.3 Å². The normalized spacial score (nSPS) is 20.7. The van der Waals surface area contributed by atoms with E-state index in [2.05, 4.69) is 10.2 Å². The second-order valence-electron chi connectivity index (χ2n) is 5.97. The lowest BCUT2D eigenvalue weighted by molar-refractivity contribution is -0.148. The van der Waals surface area contributed by atoms with Crippen LogP contribution >= 0.6 is 0 Å². The molecule has 0 saturated heterocycles. The average molecular weight is 316 g/mol. The third kappa shape index (κ3) is 3.59. The molecule has 2 unspecified atom stereocenters. The molecule has 1 aromatic carbocycles. The number of fused-ring (bicyclic) bond motifs is 1. The van der Waals surface area contributed by atoms with Crippen molar-refractivity contribution in [1.29, 1.82) is 0 Å². The molecule has 1 fully saturated rings. The van der Waals surface area contributed by atoms with E-state index in [1.165, 1.54) is 0 Å². The summed E-state index contributed by atoms with van der Waals surface area (Å²) in [6.07, 6.45) is 2.75. The van der Waals surface area contributed by atoms with E-state index in [9.17, 15) is 9.59 Å². The lowest BCUT2D eigenvalue weighted by atomic mass is 10.1. The number of aromatic amines is 1. The highest BCUT2D eigenvalue weighted by molar-refractivity contribution is 5.86. The smallest absolute Gasteiger partial charge is 0.312 e. The van der Waals surface area contributed by atoms with Crippen molar-refractivity contribution in [2.75, 3.05) is 13.7 Å². The van der Waals surface area contributed by atoms with Gasteiger partial charge in [-0.3, -0.25) is 9.59 Å². The van der Waals surface area contributed by atoms with E-state index in [4.69, 9.17) is 9.47 Å². The number of carbonyl (C=O) groups excluding carboxylic acids is 1. The van der Waals surface area contributed by atoms with Gasteiger partial charge in [0.1, 0.15) is 6.10 Å². The summed E-state index contributed by atoms with van der Waals surface area (Å²) in [5.74, 6) is 0.155. The van der Waals surface area contributed by atoms with Crippen LogP contribution in [0.3, 0.4) is 0 Å². The Morgan fingerprint density at radius 3 is 2.87 bits per heavy atom. The molecule has 1 aromatic heterocycles. The molecule has 0 radical (unpaired) electrons. The van der Waals surface area contributed by atoms with Gasteiger partial charge in [-0.25, -0.2) is 5.10 Å². The maximum Gasteiger partial charge on any atom is 0.312 e. The third-order valence-corrected chi connectivity index (χ3v) is 4.28. The largest absolute Gasteiger partial charge is 0.462 e. The minimum absolute atomic E-state index is 0.0447. The van der Waals surface area contributed by atoms with Crippen LogP contribution in [0.5, 0.6) is 0 Å². The van der Waals surface area contributed by atoms with Crippen LogP contribution in [0, 0.1) is 5.92 Å². The summed E-state index contributed by atoms with van der Waals surface area (Å²) in [5, 5.41) is 7.67. The molecule has 6 nitrogen and oxygen atoms in total. The van der Waals surface area contributed by atoms with E-state index < -0.39 is 0 Å². The molecule has 0 aliphatic heterocycles. The number of rotatable bonds is 5. The molecule has 1 heterocycles. The van der Waals surface area contributed by atoms with Crippen molar-refractivity contribution in [3.05, 3.63) is 40.3 Å². The summed E-state index contributed by atoms with van der Waals surface area (Å²) in [6, 6.07) is 7.13. The molecule has 1 aliphatic rings. The Morgan fingerprint density at radius 1 is 1.30 bits per heavy atom. The van der Waals surface area contributed by atoms with Crippen LogP contribution in [0.4, 0.5) is 0 Å². The van der Waals surface area contributed by atoms with Gasteiger partial charge in [-0.1, -0.05) is 18.2 Å². The molecule has 0 bridgehead atoms. The van der Waals surface area contributed by atoms with Crippen molar-refractivity contribution in [3.63, 3.8) is 0 Å². The van der Waals surface area contributed by atoms with Gasteiger partial charge in [0.2, 0.25) is 0 Å². The lowest BCUT2D eigenvalue weighted by Gasteiger charge is -2.13. The van der Waals surface area contributed by atoms with Crippen molar-refractivity contribution < 1.29 is 14.3 Å². The highest BCUT2D eigenvalue weighted by Crippen LogP contribution is 2.28. The summed E-state index contributed by atoms with van der Waals surface area (Å²) in [7, 11) is 1.69. The monoisotopic (exact) mass is 316 g/mol. The first-order chi connectivity index (χ1) is 11.2. The Hall–Kier alpha value is -2.21. The van der Waals surface area contributed by atoms with Crippen LogP contribution in [0.15, 0.2) is 29.1 Å². The molecule has 0 amide bonds. The van der Waals surface area contributed by atoms with Crippen molar-refractivity contribution in [2.24, 2.45) is 5.92 Å². The number of H-pyrrole nitrogens is 1. The van der Waals surface area contributed by atoms with Crippen LogP contribution in [0.25, 0.3) is 10.8 Å². The number of hydrogen-bond acceptors (Lipinski definition) is 5. The molecule has 2 aromatic rings. The van der Waals surface area contributed by atoms with E-state index >= 15 is 0 Å². The van der Waals surface area contributed by atoms with Gasteiger partial charge in [-0.2, -0.15) is 5.10 Å². The zero-order valence-corrected chi connectivity index (χ0v) is 13.1. The maximum atomic E-state index is 12.2.